The molecule has 0 radical (unpaired) electrons. The van der Waals surface area contributed by atoms with Crippen molar-refractivity contribution in [2.75, 3.05) is 5.32 Å². The van der Waals surface area contributed by atoms with E-state index >= 15 is 0 Å². The molecule has 0 aromatic carbocycles. The van der Waals surface area contributed by atoms with Crippen molar-refractivity contribution >= 4 is 39.3 Å². The van der Waals surface area contributed by atoms with Gasteiger partial charge < -0.3 is 5.32 Å². The van der Waals surface area contributed by atoms with E-state index < -0.39 is 0 Å². The van der Waals surface area contributed by atoms with Crippen molar-refractivity contribution in [2.24, 2.45) is 0 Å². The topological polar surface area (TPSA) is 67.8 Å². The SMILES string of the molecule is Cc1cc(C(=O)Nc2cnc(Br)cn2)cc(Cl)n1. The highest BCUT2D eigenvalue weighted by molar-refractivity contribution is 9.10. The zero-order valence-electron chi connectivity index (χ0n) is 9.32. The number of rotatable bonds is 2. The molecule has 0 aliphatic heterocycles. The Labute approximate surface area is 117 Å². The minimum atomic E-state index is -0.306. The zero-order valence-corrected chi connectivity index (χ0v) is 11.7. The smallest absolute Gasteiger partial charge is 0.257 e. The maximum atomic E-state index is 11.9. The fraction of sp³-hybridized carbons (Fsp3) is 0.0909. The van der Waals surface area contributed by atoms with Crippen LogP contribution >= 0.6 is 27.5 Å². The van der Waals surface area contributed by atoms with Gasteiger partial charge in [-0.3, -0.25) is 4.79 Å². The summed E-state index contributed by atoms with van der Waals surface area (Å²) in [5, 5.41) is 2.90. The molecule has 2 aromatic rings. The van der Waals surface area contributed by atoms with E-state index in [0.717, 1.165) is 0 Å². The van der Waals surface area contributed by atoms with Crippen molar-refractivity contribution in [2.45, 2.75) is 6.92 Å². The van der Waals surface area contributed by atoms with Gasteiger partial charge >= 0.3 is 0 Å². The van der Waals surface area contributed by atoms with Crippen LogP contribution in [0.5, 0.6) is 0 Å². The molecule has 0 saturated heterocycles. The van der Waals surface area contributed by atoms with E-state index in [1.807, 2.05) is 0 Å². The second kappa shape index (κ2) is 5.41. The van der Waals surface area contributed by atoms with Crippen LogP contribution in [-0.2, 0) is 0 Å². The molecule has 0 spiro atoms. The summed E-state index contributed by atoms with van der Waals surface area (Å²) in [4.78, 5) is 23.9. The van der Waals surface area contributed by atoms with Crippen LogP contribution in [0.25, 0.3) is 0 Å². The number of carbonyl (C=O) groups is 1. The predicted octanol–water partition coefficient (Wildman–Crippen LogP) is 2.85. The van der Waals surface area contributed by atoms with Crippen LogP contribution < -0.4 is 5.32 Å². The van der Waals surface area contributed by atoms with Gasteiger partial charge in [0.1, 0.15) is 9.76 Å². The molecule has 92 valence electrons. The Hall–Kier alpha value is -1.53. The molecule has 2 aromatic heterocycles. The number of pyridine rings is 1. The van der Waals surface area contributed by atoms with E-state index in [2.05, 4.69) is 36.2 Å². The zero-order chi connectivity index (χ0) is 13.1. The molecule has 5 nitrogen and oxygen atoms in total. The first kappa shape index (κ1) is 12.9. The second-order valence-electron chi connectivity index (χ2n) is 3.50. The van der Waals surface area contributed by atoms with Gasteiger partial charge in [0.2, 0.25) is 0 Å². The summed E-state index contributed by atoms with van der Waals surface area (Å²) in [6, 6.07) is 3.14. The summed E-state index contributed by atoms with van der Waals surface area (Å²) in [6.07, 6.45) is 2.96. The lowest BCUT2D eigenvalue weighted by atomic mass is 10.2. The summed E-state index contributed by atoms with van der Waals surface area (Å²) < 4.78 is 0.600. The number of carbonyl (C=O) groups excluding carboxylic acids is 1. The first-order chi connectivity index (χ1) is 8.54. The van der Waals surface area contributed by atoms with E-state index in [-0.39, 0.29) is 11.1 Å². The van der Waals surface area contributed by atoms with Gasteiger partial charge in [-0.1, -0.05) is 11.6 Å². The molecular weight excluding hydrogens is 320 g/mol. The third-order valence-electron chi connectivity index (χ3n) is 2.05. The van der Waals surface area contributed by atoms with Crippen molar-refractivity contribution in [1.29, 1.82) is 0 Å². The van der Waals surface area contributed by atoms with Crippen LogP contribution in [0.3, 0.4) is 0 Å². The highest BCUT2D eigenvalue weighted by Gasteiger charge is 2.09. The van der Waals surface area contributed by atoms with Gasteiger partial charge in [0.25, 0.3) is 5.91 Å². The molecule has 0 saturated carbocycles. The van der Waals surface area contributed by atoms with Crippen LogP contribution in [0.1, 0.15) is 16.1 Å². The predicted molar refractivity (Wildman–Crippen MR) is 71.7 cm³/mol. The Morgan fingerprint density at radius 2 is 2.11 bits per heavy atom. The fourth-order valence-corrected chi connectivity index (χ4v) is 1.78. The van der Waals surface area contributed by atoms with Crippen molar-refractivity contribution in [3.8, 4) is 0 Å². The number of anilines is 1. The van der Waals surface area contributed by atoms with Crippen LogP contribution in [0, 0.1) is 6.92 Å². The van der Waals surface area contributed by atoms with Crippen molar-refractivity contribution < 1.29 is 4.79 Å². The first-order valence-electron chi connectivity index (χ1n) is 4.97. The number of hydrogen-bond donors (Lipinski definition) is 1. The molecule has 0 aliphatic carbocycles. The van der Waals surface area contributed by atoms with Crippen molar-refractivity contribution in [3.05, 3.63) is 45.5 Å². The Morgan fingerprint density at radius 3 is 2.72 bits per heavy atom. The second-order valence-corrected chi connectivity index (χ2v) is 4.70. The average Bonchev–Trinajstić information content (AvgIpc) is 2.31. The van der Waals surface area contributed by atoms with Gasteiger partial charge in [0.15, 0.2) is 5.82 Å². The molecule has 0 atom stereocenters. The highest BCUT2D eigenvalue weighted by Crippen LogP contribution is 2.12. The van der Waals surface area contributed by atoms with Gasteiger partial charge in [-0.25, -0.2) is 15.0 Å². The normalized spacial score (nSPS) is 10.2. The van der Waals surface area contributed by atoms with Gasteiger partial charge in [-0.2, -0.15) is 0 Å². The molecule has 0 bridgehead atoms. The molecule has 2 rings (SSSR count). The van der Waals surface area contributed by atoms with Crippen LogP contribution in [0.4, 0.5) is 5.82 Å². The largest absolute Gasteiger partial charge is 0.305 e. The molecule has 0 fully saturated rings. The molecular formula is C11H8BrClN4O. The third kappa shape index (κ3) is 3.24. The molecule has 7 heteroatoms. The minimum Gasteiger partial charge on any atom is -0.305 e. The van der Waals surface area contributed by atoms with E-state index in [4.69, 9.17) is 11.6 Å². The van der Waals surface area contributed by atoms with Gasteiger partial charge in [0, 0.05) is 11.3 Å². The summed E-state index contributed by atoms with van der Waals surface area (Å²) in [7, 11) is 0. The maximum Gasteiger partial charge on any atom is 0.257 e. The highest BCUT2D eigenvalue weighted by atomic mass is 79.9. The Morgan fingerprint density at radius 1 is 1.33 bits per heavy atom. The number of nitrogens with zero attached hydrogens (tertiary/aromatic N) is 3. The summed E-state index contributed by atoms with van der Waals surface area (Å²) in [6.45, 7) is 1.77. The Kier molecular flexibility index (Phi) is 3.88. The third-order valence-corrected chi connectivity index (χ3v) is 2.65. The quantitative estimate of drug-likeness (QED) is 0.861. The maximum absolute atomic E-state index is 11.9. The first-order valence-corrected chi connectivity index (χ1v) is 6.15. The molecule has 1 N–H and O–H groups in total. The van der Waals surface area contributed by atoms with E-state index in [1.54, 1.807) is 13.0 Å². The average molecular weight is 328 g/mol. The van der Waals surface area contributed by atoms with Gasteiger partial charge in [0.05, 0.1) is 12.4 Å². The number of halogens is 2. The van der Waals surface area contributed by atoms with Gasteiger partial charge in [-0.15, -0.1) is 0 Å². The van der Waals surface area contributed by atoms with Gasteiger partial charge in [-0.05, 0) is 35.0 Å². The lowest BCUT2D eigenvalue weighted by Crippen LogP contribution is -2.13. The number of amides is 1. The summed E-state index contributed by atoms with van der Waals surface area (Å²) in [5.74, 6) is 0.0628. The van der Waals surface area contributed by atoms with Crippen LogP contribution in [0.2, 0.25) is 5.15 Å². The Balaban J connectivity index is 2.19. The number of aryl methyl sites for hydroxylation is 1. The molecule has 0 unspecified atom stereocenters. The van der Waals surface area contributed by atoms with Crippen LogP contribution in [-0.4, -0.2) is 20.9 Å². The van der Waals surface area contributed by atoms with Crippen molar-refractivity contribution in [1.82, 2.24) is 15.0 Å². The fourth-order valence-electron chi connectivity index (χ4n) is 1.32. The molecule has 18 heavy (non-hydrogen) atoms. The lowest BCUT2D eigenvalue weighted by molar-refractivity contribution is 0.102. The Bertz CT molecular complexity index is 568. The number of aromatic nitrogens is 3. The van der Waals surface area contributed by atoms with E-state index in [0.29, 0.717) is 21.7 Å². The molecule has 0 aliphatic rings. The number of hydrogen-bond acceptors (Lipinski definition) is 4. The standard InChI is InChI=1S/C11H8BrClN4O/c1-6-2-7(3-9(13)16-6)11(18)17-10-5-14-8(12)4-15-10/h2-5H,1H3,(H,15,17,18). The number of nitrogens with one attached hydrogen (secondary N) is 1. The monoisotopic (exact) mass is 326 g/mol. The van der Waals surface area contributed by atoms with Crippen LogP contribution in [0.15, 0.2) is 29.1 Å². The van der Waals surface area contributed by atoms with Crippen molar-refractivity contribution in [3.63, 3.8) is 0 Å². The van der Waals surface area contributed by atoms with E-state index in [1.165, 1.54) is 18.5 Å². The van der Waals surface area contributed by atoms with E-state index in [9.17, 15) is 4.79 Å². The molecule has 1 amide bonds. The summed E-state index contributed by atoms with van der Waals surface area (Å²) >= 11 is 8.96. The minimum absolute atomic E-state index is 0.280. The molecule has 2 heterocycles. The lowest BCUT2D eigenvalue weighted by Gasteiger charge is -2.05. The summed E-state index contributed by atoms with van der Waals surface area (Å²) in [5.41, 5.74) is 1.10.